The Hall–Kier alpha value is -0.303. The van der Waals surface area contributed by atoms with E-state index >= 15 is 0 Å². The molecule has 1 atom stereocenters. The summed E-state index contributed by atoms with van der Waals surface area (Å²) >= 11 is 8.55. The van der Waals surface area contributed by atoms with Crippen LogP contribution in [0.2, 0.25) is 6.04 Å². The van der Waals surface area contributed by atoms with Crippen LogP contribution in [0.5, 0.6) is 11.5 Å². The quantitative estimate of drug-likeness (QED) is 0.340. The Kier molecular flexibility index (Phi) is 10.9. The number of benzene rings is 1. The van der Waals surface area contributed by atoms with Crippen molar-refractivity contribution in [3.63, 3.8) is 0 Å². The predicted molar refractivity (Wildman–Crippen MR) is 104 cm³/mol. The molecule has 0 aliphatic rings. The van der Waals surface area contributed by atoms with E-state index in [4.69, 9.17) is 14.2 Å². The largest absolute Gasteiger partial charge is 0.490 e. The Morgan fingerprint density at radius 1 is 1.18 bits per heavy atom. The van der Waals surface area contributed by atoms with Crippen LogP contribution in [0.25, 0.3) is 0 Å². The molecule has 0 saturated heterocycles. The van der Waals surface area contributed by atoms with Gasteiger partial charge in [-0.3, -0.25) is 0 Å². The first-order valence-corrected chi connectivity index (χ1v) is 10.8. The van der Waals surface area contributed by atoms with Gasteiger partial charge in [0.1, 0.15) is 0 Å². The lowest BCUT2D eigenvalue weighted by Gasteiger charge is -2.15. The molecule has 1 aromatic rings. The van der Waals surface area contributed by atoms with Crippen LogP contribution in [0.4, 0.5) is 0 Å². The van der Waals surface area contributed by atoms with E-state index in [9.17, 15) is 0 Å². The van der Waals surface area contributed by atoms with Crippen LogP contribution < -0.4 is 14.7 Å². The van der Waals surface area contributed by atoms with Gasteiger partial charge in [-0.1, -0.05) is 18.2 Å². The van der Waals surface area contributed by atoms with Crippen LogP contribution in [0.15, 0.2) is 18.2 Å². The molecule has 0 aliphatic carbocycles. The number of para-hydroxylation sites is 1. The number of thiol groups is 2. The van der Waals surface area contributed by atoms with Crippen molar-refractivity contribution in [3.8, 4) is 11.5 Å². The number of ether oxygens (including phenoxy) is 3. The minimum Gasteiger partial charge on any atom is -0.490 e. The molecule has 0 amide bonds. The van der Waals surface area contributed by atoms with E-state index in [-0.39, 0.29) is 14.8 Å². The first kappa shape index (κ1) is 19.7. The van der Waals surface area contributed by atoms with Crippen molar-refractivity contribution in [2.24, 2.45) is 0 Å². The summed E-state index contributed by atoms with van der Waals surface area (Å²) in [6, 6.07) is 7.42. The van der Waals surface area contributed by atoms with E-state index in [2.05, 4.69) is 37.4 Å². The van der Waals surface area contributed by atoms with Crippen LogP contribution >= 0.6 is 25.3 Å². The van der Waals surface area contributed by atoms with E-state index < -0.39 is 0 Å². The van der Waals surface area contributed by atoms with Crippen LogP contribution in [0.1, 0.15) is 20.3 Å². The first-order chi connectivity index (χ1) is 10.7. The molecule has 22 heavy (non-hydrogen) atoms. The monoisotopic (exact) mass is 360 g/mol. The second-order valence-corrected chi connectivity index (χ2v) is 8.04. The van der Waals surface area contributed by atoms with Gasteiger partial charge in [-0.25, -0.2) is 0 Å². The Morgan fingerprint density at radius 2 is 1.95 bits per heavy atom. The minimum atomic E-state index is -0.371. The summed E-state index contributed by atoms with van der Waals surface area (Å²) in [5, 5.41) is 1.57. The Labute approximate surface area is 147 Å². The molecule has 0 spiro atoms. The highest BCUT2D eigenvalue weighted by Gasteiger charge is 2.10. The fraction of sp³-hybridized carbons (Fsp3) is 0.625. The van der Waals surface area contributed by atoms with E-state index in [0.29, 0.717) is 19.8 Å². The van der Waals surface area contributed by atoms with Crippen molar-refractivity contribution >= 4 is 40.0 Å². The third kappa shape index (κ3) is 7.31. The number of hydrogen-bond donors (Lipinski definition) is 2. The molecule has 0 aromatic heterocycles. The van der Waals surface area contributed by atoms with Gasteiger partial charge in [0.05, 0.1) is 29.3 Å². The third-order valence-electron chi connectivity index (χ3n) is 3.15. The van der Waals surface area contributed by atoms with Gasteiger partial charge in [0.15, 0.2) is 11.5 Å². The van der Waals surface area contributed by atoms with Gasteiger partial charge < -0.3 is 14.2 Å². The van der Waals surface area contributed by atoms with Gasteiger partial charge in [0, 0.05) is 17.6 Å². The van der Waals surface area contributed by atoms with E-state index in [1.165, 1.54) is 11.2 Å². The molecular formula is C16H28O3S2Si. The van der Waals surface area contributed by atoms with Gasteiger partial charge >= 0.3 is 0 Å². The maximum absolute atomic E-state index is 5.80. The molecule has 6 heteroatoms. The normalized spacial score (nSPS) is 12.7. The van der Waals surface area contributed by atoms with Gasteiger partial charge in [-0.15, -0.1) is 0 Å². The molecule has 126 valence electrons. The highest BCUT2D eigenvalue weighted by molar-refractivity contribution is 7.84. The van der Waals surface area contributed by atoms with Crippen molar-refractivity contribution in [2.75, 3.05) is 32.2 Å². The summed E-state index contributed by atoms with van der Waals surface area (Å²) in [7, 11) is -0.371. The zero-order valence-electron chi connectivity index (χ0n) is 13.6. The molecule has 0 heterocycles. The average molecular weight is 361 g/mol. The van der Waals surface area contributed by atoms with Crippen LogP contribution in [0.3, 0.4) is 0 Å². The molecule has 0 aliphatic heterocycles. The van der Waals surface area contributed by atoms with Crippen molar-refractivity contribution in [1.29, 1.82) is 0 Å². The summed E-state index contributed by atoms with van der Waals surface area (Å²) in [6.07, 6.45) is 1.09. The summed E-state index contributed by atoms with van der Waals surface area (Å²) in [6.45, 7) is 6.82. The summed E-state index contributed by atoms with van der Waals surface area (Å²) in [4.78, 5) is 0. The summed E-state index contributed by atoms with van der Waals surface area (Å²) in [5.74, 6) is 2.57. The molecule has 3 nitrogen and oxygen atoms in total. The first-order valence-electron chi connectivity index (χ1n) is 7.97. The van der Waals surface area contributed by atoms with Crippen molar-refractivity contribution < 1.29 is 14.2 Å². The highest BCUT2D eigenvalue weighted by atomic mass is 32.1. The highest BCUT2D eigenvalue weighted by Crippen LogP contribution is 2.24. The maximum Gasteiger partial charge on any atom is 0.160 e. The molecule has 1 rings (SSSR count). The van der Waals surface area contributed by atoms with Crippen LogP contribution in [-0.2, 0) is 4.74 Å². The van der Waals surface area contributed by atoms with E-state index in [1.54, 1.807) is 0 Å². The number of rotatable bonds is 12. The lowest BCUT2D eigenvalue weighted by Crippen LogP contribution is -2.19. The average Bonchev–Trinajstić information content (AvgIpc) is 2.53. The molecule has 1 unspecified atom stereocenters. The van der Waals surface area contributed by atoms with Crippen molar-refractivity contribution in [3.05, 3.63) is 18.2 Å². The second-order valence-electron chi connectivity index (χ2n) is 4.98. The lowest BCUT2D eigenvalue weighted by atomic mass is 10.3. The number of hydrogen-bond acceptors (Lipinski definition) is 5. The Bertz CT molecular complexity index is 418. The molecule has 1 aromatic carbocycles. The Balaban J connectivity index is 2.42. The van der Waals surface area contributed by atoms with E-state index in [1.807, 2.05) is 19.9 Å². The zero-order chi connectivity index (χ0) is 16.2. The van der Waals surface area contributed by atoms with Crippen molar-refractivity contribution in [2.45, 2.75) is 31.6 Å². The molecule has 0 radical (unpaired) electrons. The standard InChI is InChI=1S/C16H28O3S2Si/c1-3-18-14-7-5-8-15(16(14)19-4-2)22-10-6-9-17-11-13(21)12-20/h5,7-8,13,20-21H,3-4,6,9-12,22H2,1-2H3. The molecule has 0 fully saturated rings. The summed E-state index contributed by atoms with van der Waals surface area (Å²) in [5.41, 5.74) is 0. The Morgan fingerprint density at radius 3 is 2.64 bits per heavy atom. The molecular weight excluding hydrogens is 332 g/mol. The second kappa shape index (κ2) is 12.2. The van der Waals surface area contributed by atoms with Gasteiger partial charge in [-0.2, -0.15) is 25.3 Å². The molecule has 0 saturated carbocycles. The topological polar surface area (TPSA) is 27.7 Å². The SMILES string of the molecule is CCOc1cccc([SiH2]CCCOCC(S)CS)c1OCC. The lowest BCUT2D eigenvalue weighted by molar-refractivity contribution is 0.139. The van der Waals surface area contributed by atoms with Gasteiger partial charge in [-0.05, 0) is 31.5 Å². The maximum atomic E-state index is 5.80. The molecule has 0 bridgehead atoms. The van der Waals surface area contributed by atoms with Crippen LogP contribution in [-0.4, -0.2) is 46.9 Å². The molecule has 0 N–H and O–H groups in total. The minimum absolute atomic E-state index is 0.230. The fourth-order valence-corrected chi connectivity index (χ4v) is 3.98. The summed E-state index contributed by atoms with van der Waals surface area (Å²) < 4.78 is 17.1. The smallest absolute Gasteiger partial charge is 0.160 e. The van der Waals surface area contributed by atoms with Gasteiger partial charge in [0.2, 0.25) is 0 Å². The van der Waals surface area contributed by atoms with Gasteiger partial charge in [0.25, 0.3) is 0 Å². The van der Waals surface area contributed by atoms with E-state index in [0.717, 1.165) is 30.3 Å². The predicted octanol–water partition coefficient (Wildman–Crippen LogP) is 2.33. The zero-order valence-corrected chi connectivity index (χ0v) is 16.8. The third-order valence-corrected chi connectivity index (χ3v) is 6.16. The van der Waals surface area contributed by atoms with Crippen LogP contribution in [0, 0.1) is 0 Å². The van der Waals surface area contributed by atoms with Crippen molar-refractivity contribution in [1.82, 2.24) is 0 Å². The fourth-order valence-electron chi connectivity index (χ4n) is 2.13.